The number of halogens is 1. The number of carbonyl (C=O) groups is 1. The van der Waals surface area contributed by atoms with E-state index in [0.717, 1.165) is 19.5 Å². The second kappa shape index (κ2) is 6.60. The number of carbonyl (C=O) groups excluding carboxylic acids is 1. The maximum absolute atomic E-state index is 12.0. The Kier molecular flexibility index (Phi) is 5.00. The Morgan fingerprint density at radius 2 is 2.32 bits per heavy atom. The number of nitrogens with one attached hydrogen (secondary N) is 1. The smallest absolute Gasteiger partial charge is 0.289 e. The monoisotopic (exact) mass is 326 g/mol. The lowest BCUT2D eigenvalue weighted by Gasteiger charge is -2.22. The van der Waals surface area contributed by atoms with E-state index in [2.05, 4.69) is 12.2 Å². The molecule has 0 bridgehead atoms. The minimum absolute atomic E-state index is 0.0428. The van der Waals surface area contributed by atoms with Crippen LogP contribution < -0.4 is 11.1 Å². The molecule has 0 aromatic heterocycles. The van der Waals surface area contributed by atoms with Crippen LogP contribution in [-0.4, -0.2) is 41.9 Å². The molecule has 1 unspecified atom stereocenters. The third kappa shape index (κ3) is 3.94. The van der Waals surface area contributed by atoms with Crippen molar-refractivity contribution >= 4 is 28.9 Å². The quantitative estimate of drug-likeness (QED) is 0.635. The van der Waals surface area contributed by atoms with Crippen LogP contribution in [-0.2, 0) is 4.79 Å². The van der Waals surface area contributed by atoms with E-state index in [9.17, 15) is 14.9 Å². The average Bonchev–Trinajstić information content (AvgIpc) is 2.82. The summed E-state index contributed by atoms with van der Waals surface area (Å²) in [5.74, 6) is -0.210. The molecular weight excluding hydrogens is 308 g/mol. The molecule has 8 heteroatoms. The third-order valence-electron chi connectivity index (χ3n) is 3.92. The van der Waals surface area contributed by atoms with Gasteiger partial charge in [-0.05, 0) is 37.1 Å². The van der Waals surface area contributed by atoms with Crippen molar-refractivity contribution in [3.63, 3.8) is 0 Å². The molecule has 2 rings (SSSR count). The average molecular weight is 327 g/mol. The molecule has 1 amide bonds. The van der Waals surface area contributed by atoms with Gasteiger partial charge in [-0.1, -0.05) is 18.5 Å². The molecule has 22 heavy (non-hydrogen) atoms. The zero-order chi connectivity index (χ0) is 16.3. The van der Waals surface area contributed by atoms with Gasteiger partial charge in [0, 0.05) is 18.3 Å². The highest BCUT2D eigenvalue weighted by Gasteiger charge is 2.33. The summed E-state index contributed by atoms with van der Waals surface area (Å²) >= 11 is 5.74. The van der Waals surface area contributed by atoms with Crippen molar-refractivity contribution in [1.29, 1.82) is 0 Å². The Labute approximate surface area is 133 Å². The number of hydrogen-bond acceptors (Lipinski definition) is 5. The fourth-order valence-corrected chi connectivity index (χ4v) is 2.75. The molecule has 0 radical (unpaired) electrons. The Balaban J connectivity index is 1.96. The van der Waals surface area contributed by atoms with Gasteiger partial charge >= 0.3 is 0 Å². The summed E-state index contributed by atoms with van der Waals surface area (Å²) in [5.41, 5.74) is 5.93. The molecule has 120 valence electrons. The summed E-state index contributed by atoms with van der Waals surface area (Å²) in [5, 5.41) is 13.5. The van der Waals surface area contributed by atoms with Gasteiger partial charge in [0.05, 0.1) is 11.5 Å². The highest BCUT2D eigenvalue weighted by Crippen LogP contribution is 2.29. The molecule has 1 saturated heterocycles. The van der Waals surface area contributed by atoms with Gasteiger partial charge in [0.2, 0.25) is 5.91 Å². The number of rotatable bonds is 5. The molecule has 1 atom stereocenters. The number of nitro benzene ring substituents is 1. The molecule has 1 aromatic rings. The number of benzene rings is 1. The number of nitrogens with two attached hydrogens (primary N) is 1. The lowest BCUT2D eigenvalue weighted by atomic mass is 9.90. The molecule has 0 saturated carbocycles. The van der Waals surface area contributed by atoms with Crippen molar-refractivity contribution in [3.8, 4) is 0 Å². The van der Waals surface area contributed by atoms with E-state index >= 15 is 0 Å². The molecule has 3 N–H and O–H groups in total. The molecule has 7 nitrogen and oxygen atoms in total. The standard InChI is InChI=1S/C14H19ClN4O3/c1-14(8-16)4-5-18(9-14)7-13(20)17-10-2-3-11(15)12(6-10)19(21)22/h2-3,6H,4-5,7-9,16H2,1H3,(H,17,20). The maximum Gasteiger partial charge on any atom is 0.289 e. The zero-order valence-electron chi connectivity index (χ0n) is 12.3. The van der Waals surface area contributed by atoms with Crippen LogP contribution in [0.3, 0.4) is 0 Å². The summed E-state index contributed by atoms with van der Waals surface area (Å²) in [6.07, 6.45) is 0.962. The van der Waals surface area contributed by atoms with Gasteiger partial charge in [0.15, 0.2) is 0 Å². The third-order valence-corrected chi connectivity index (χ3v) is 4.24. The first kappa shape index (κ1) is 16.7. The Morgan fingerprint density at radius 1 is 1.59 bits per heavy atom. The number of likely N-dealkylation sites (tertiary alicyclic amines) is 1. The van der Waals surface area contributed by atoms with Crippen molar-refractivity contribution in [2.75, 3.05) is 31.5 Å². The molecule has 1 aliphatic rings. The first-order chi connectivity index (χ1) is 10.3. The summed E-state index contributed by atoms with van der Waals surface area (Å²) in [6, 6.07) is 4.20. The molecule has 1 fully saturated rings. The van der Waals surface area contributed by atoms with E-state index in [4.69, 9.17) is 17.3 Å². The molecule has 1 aliphatic heterocycles. The first-order valence-electron chi connectivity index (χ1n) is 6.99. The fourth-order valence-electron chi connectivity index (χ4n) is 2.56. The topological polar surface area (TPSA) is 102 Å². The zero-order valence-corrected chi connectivity index (χ0v) is 13.1. The summed E-state index contributed by atoms with van der Waals surface area (Å²) < 4.78 is 0. The molecule has 1 heterocycles. The number of hydrogen-bond donors (Lipinski definition) is 2. The second-order valence-electron chi connectivity index (χ2n) is 5.95. The van der Waals surface area contributed by atoms with Crippen LogP contribution in [0.4, 0.5) is 11.4 Å². The second-order valence-corrected chi connectivity index (χ2v) is 6.35. The van der Waals surface area contributed by atoms with Crippen LogP contribution in [0.1, 0.15) is 13.3 Å². The van der Waals surface area contributed by atoms with Gasteiger partial charge in [0.1, 0.15) is 5.02 Å². The first-order valence-corrected chi connectivity index (χ1v) is 7.37. The number of amides is 1. The van der Waals surface area contributed by atoms with Gasteiger partial charge in [-0.15, -0.1) is 0 Å². The van der Waals surface area contributed by atoms with Crippen molar-refractivity contribution < 1.29 is 9.72 Å². The SMILES string of the molecule is CC1(CN)CCN(CC(=O)Nc2ccc(Cl)c([N+](=O)[O-])c2)C1. The van der Waals surface area contributed by atoms with Crippen LogP contribution in [0.5, 0.6) is 0 Å². The fraction of sp³-hybridized carbons (Fsp3) is 0.500. The Morgan fingerprint density at radius 3 is 2.91 bits per heavy atom. The van der Waals surface area contributed by atoms with Gasteiger partial charge in [0.25, 0.3) is 5.69 Å². The molecule has 1 aromatic carbocycles. The molecular formula is C14H19ClN4O3. The normalized spacial score (nSPS) is 21.8. The molecule has 0 aliphatic carbocycles. The minimum Gasteiger partial charge on any atom is -0.330 e. The summed E-state index contributed by atoms with van der Waals surface area (Å²) in [7, 11) is 0. The van der Waals surface area contributed by atoms with Gasteiger partial charge < -0.3 is 11.1 Å². The number of nitro groups is 1. The van der Waals surface area contributed by atoms with E-state index in [0.29, 0.717) is 12.2 Å². The van der Waals surface area contributed by atoms with E-state index in [1.165, 1.54) is 12.1 Å². The van der Waals surface area contributed by atoms with E-state index in [1.54, 1.807) is 6.07 Å². The highest BCUT2D eigenvalue weighted by molar-refractivity contribution is 6.32. The van der Waals surface area contributed by atoms with Crippen molar-refractivity contribution in [2.24, 2.45) is 11.1 Å². The minimum atomic E-state index is -0.578. The maximum atomic E-state index is 12.0. The van der Waals surface area contributed by atoms with Crippen LogP contribution in [0, 0.1) is 15.5 Å². The molecule has 0 spiro atoms. The highest BCUT2D eigenvalue weighted by atomic mass is 35.5. The van der Waals surface area contributed by atoms with E-state index in [1.807, 2.05) is 4.90 Å². The van der Waals surface area contributed by atoms with Crippen LogP contribution in [0.15, 0.2) is 18.2 Å². The van der Waals surface area contributed by atoms with Gasteiger partial charge in [-0.3, -0.25) is 19.8 Å². The van der Waals surface area contributed by atoms with E-state index < -0.39 is 4.92 Å². The van der Waals surface area contributed by atoms with Crippen molar-refractivity contribution in [1.82, 2.24) is 4.90 Å². The van der Waals surface area contributed by atoms with Crippen LogP contribution >= 0.6 is 11.6 Å². The Bertz CT molecular complexity index is 595. The largest absolute Gasteiger partial charge is 0.330 e. The van der Waals surface area contributed by atoms with Gasteiger partial charge in [-0.2, -0.15) is 0 Å². The lowest BCUT2D eigenvalue weighted by Crippen LogP contribution is -2.35. The van der Waals surface area contributed by atoms with Crippen molar-refractivity contribution in [3.05, 3.63) is 33.3 Å². The summed E-state index contributed by atoms with van der Waals surface area (Å²) in [4.78, 5) is 24.3. The number of nitrogens with zero attached hydrogens (tertiary/aromatic N) is 2. The van der Waals surface area contributed by atoms with E-state index in [-0.39, 0.29) is 28.6 Å². The van der Waals surface area contributed by atoms with Crippen LogP contribution in [0.25, 0.3) is 0 Å². The van der Waals surface area contributed by atoms with Crippen molar-refractivity contribution in [2.45, 2.75) is 13.3 Å². The lowest BCUT2D eigenvalue weighted by molar-refractivity contribution is -0.384. The van der Waals surface area contributed by atoms with Crippen LogP contribution in [0.2, 0.25) is 5.02 Å². The number of anilines is 1. The Hall–Kier alpha value is -1.70. The predicted molar refractivity (Wildman–Crippen MR) is 85.0 cm³/mol. The summed E-state index contributed by atoms with van der Waals surface area (Å²) in [6.45, 7) is 4.54. The predicted octanol–water partition coefficient (Wildman–Crippen LogP) is 1.86. The van der Waals surface area contributed by atoms with Gasteiger partial charge in [-0.25, -0.2) is 0 Å².